The standard InChI is InChI=1S/C30H31FN6O4/c1-30(25-3-2-4-27(35-25)41-18-20-6-5-19(15-32)13-22(20)31)8-10-36(11-9-30)17-26-33-23-14-24(29(38)39)34-28(23)37(26)16-21-7-12-40-21/h2-6,13-14,21,34H,7-12,16-18H2,1H3,(H,38,39)/t21-/m0/s1. The fourth-order valence-electron chi connectivity index (χ4n) is 5.49. The molecule has 11 heteroatoms. The van der Waals surface area contributed by atoms with Gasteiger partial charge in [-0.3, -0.25) is 4.90 Å². The summed E-state index contributed by atoms with van der Waals surface area (Å²) in [6, 6.07) is 13.6. The number of hydrogen-bond acceptors (Lipinski definition) is 7. The topological polar surface area (TPSA) is 129 Å². The van der Waals surface area contributed by atoms with Crippen molar-refractivity contribution in [3.05, 3.63) is 76.6 Å². The first-order valence-electron chi connectivity index (χ1n) is 13.8. The molecule has 212 valence electrons. The molecule has 10 nitrogen and oxygen atoms in total. The second kappa shape index (κ2) is 11.0. The summed E-state index contributed by atoms with van der Waals surface area (Å²) in [6.45, 7) is 5.98. The summed E-state index contributed by atoms with van der Waals surface area (Å²) in [5.41, 5.74) is 2.94. The second-order valence-corrected chi connectivity index (χ2v) is 11.0. The maximum Gasteiger partial charge on any atom is 0.352 e. The highest BCUT2D eigenvalue weighted by Crippen LogP contribution is 2.35. The van der Waals surface area contributed by atoms with E-state index in [1.807, 2.05) is 18.2 Å². The first kappa shape index (κ1) is 26.9. The molecule has 0 spiro atoms. The summed E-state index contributed by atoms with van der Waals surface area (Å²) >= 11 is 0. The SMILES string of the molecule is CC1(c2cccc(OCc3ccc(C#N)cc3F)n2)CCN(Cc2nc3cc(C(=O)O)[nH]c3n2C[C@@H]2CCO2)CC1. The summed E-state index contributed by atoms with van der Waals surface area (Å²) in [6.07, 6.45) is 2.87. The van der Waals surface area contributed by atoms with Gasteiger partial charge in [0, 0.05) is 23.7 Å². The molecule has 2 saturated heterocycles. The number of likely N-dealkylation sites (tertiary alicyclic amines) is 1. The first-order valence-corrected chi connectivity index (χ1v) is 13.8. The van der Waals surface area contributed by atoms with Gasteiger partial charge in [-0.05, 0) is 56.6 Å². The molecule has 3 aromatic heterocycles. The molecule has 0 amide bonds. The highest BCUT2D eigenvalue weighted by molar-refractivity contribution is 5.91. The van der Waals surface area contributed by atoms with Gasteiger partial charge >= 0.3 is 5.97 Å². The zero-order valence-electron chi connectivity index (χ0n) is 22.8. The predicted molar refractivity (Wildman–Crippen MR) is 147 cm³/mol. The number of rotatable bonds is 9. The van der Waals surface area contributed by atoms with Crippen LogP contribution >= 0.6 is 0 Å². The van der Waals surface area contributed by atoms with E-state index in [1.165, 1.54) is 6.07 Å². The molecule has 0 aliphatic carbocycles. The smallest absolute Gasteiger partial charge is 0.352 e. The molecular formula is C30H31FN6O4. The average Bonchev–Trinajstić information content (AvgIpc) is 3.50. The van der Waals surface area contributed by atoms with Crippen molar-refractivity contribution in [3.8, 4) is 11.9 Å². The van der Waals surface area contributed by atoms with Gasteiger partial charge in [-0.15, -0.1) is 0 Å². The van der Waals surface area contributed by atoms with Crippen molar-refractivity contribution in [3.63, 3.8) is 0 Å². The Morgan fingerprint density at radius 1 is 1.27 bits per heavy atom. The maximum absolute atomic E-state index is 14.3. The highest BCUT2D eigenvalue weighted by Gasteiger charge is 2.34. The number of H-pyrrole nitrogens is 1. The molecule has 4 aromatic rings. The lowest BCUT2D eigenvalue weighted by Gasteiger charge is -2.39. The Bertz CT molecular complexity index is 1630. The lowest BCUT2D eigenvalue weighted by molar-refractivity contribution is -0.0593. The minimum Gasteiger partial charge on any atom is -0.477 e. The normalized spacial score (nSPS) is 18.6. The van der Waals surface area contributed by atoms with Gasteiger partial charge in [0.15, 0.2) is 0 Å². The number of nitriles is 1. The van der Waals surface area contributed by atoms with Crippen LogP contribution in [0.3, 0.4) is 0 Å². The zero-order chi connectivity index (χ0) is 28.6. The molecular weight excluding hydrogens is 527 g/mol. The number of carboxylic acid groups (broad SMARTS) is 1. The van der Waals surface area contributed by atoms with Crippen molar-refractivity contribution >= 4 is 17.1 Å². The van der Waals surface area contributed by atoms with E-state index in [1.54, 1.807) is 24.3 Å². The van der Waals surface area contributed by atoms with E-state index in [0.29, 0.717) is 30.0 Å². The predicted octanol–water partition coefficient (Wildman–Crippen LogP) is 4.39. The highest BCUT2D eigenvalue weighted by atomic mass is 19.1. The Morgan fingerprint density at radius 2 is 2.07 bits per heavy atom. The van der Waals surface area contributed by atoms with Gasteiger partial charge in [-0.2, -0.15) is 5.26 Å². The minimum atomic E-state index is -1.00. The van der Waals surface area contributed by atoms with Crippen LogP contribution in [0.15, 0.2) is 42.5 Å². The Hall–Kier alpha value is -4.27. The number of pyridine rings is 1. The van der Waals surface area contributed by atoms with Crippen LogP contribution in [-0.4, -0.2) is 61.3 Å². The average molecular weight is 559 g/mol. The van der Waals surface area contributed by atoms with E-state index >= 15 is 0 Å². The molecule has 2 N–H and O–H groups in total. The van der Waals surface area contributed by atoms with Crippen LogP contribution in [0.1, 0.15) is 59.3 Å². The molecule has 0 unspecified atom stereocenters. The minimum absolute atomic E-state index is 0.0268. The molecule has 0 saturated carbocycles. The summed E-state index contributed by atoms with van der Waals surface area (Å²) in [5, 5.41) is 18.3. The number of carbonyl (C=O) groups is 1. The van der Waals surface area contributed by atoms with Crippen molar-refractivity contribution in [2.45, 2.75) is 57.4 Å². The Labute approximate surface area is 236 Å². The number of aromatic carboxylic acids is 1. The fraction of sp³-hybridized carbons (Fsp3) is 0.400. The van der Waals surface area contributed by atoms with Crippen molar-refractivity contribution < 1.29 is 23.8 Å². The van der Waals surface area contributed by atoms with Gasteiger partial charge in [-0.25, -0.2) is 19.2 Å². The number of aromatic amines is 1. The number of fused-ring (bicyclic) bond motifs is 1. The second-order valence-electron chi connectivity index (χ2n) is 11.0. The third-order valence-corrected chi connectivity index (χ3v) is 8.24. The summed E-state index contributed by atoms with van der Waals surface area (Å²) < 4.78 is 27.8. The van der Waals surface area contributed by atoms with Gasteiger partial charge in [0.05, 0.1) is 36.5 Å². The van der Waals surface area contributed by atoms with Crippen LogP contribution in [0.25, 0.3) is 11.2 Å². The monoisotopic (exact) mass is 558 g/mol. The van der Waals surface area contributed by atoms with Crippen molar-refractivity contribution in [1.82, 2.24) is 24.4 Å². The number of piperidine rings is 1. The number of nitrogens with one attached hydrogen (secondary N) is 1. The largest absolute Gasteiger partial charge is 0.477 e. The molecule has 1 atom stereocenters. The van der Waals surface area contributed by atoms with E-state index < -0.39 is 11.8 Å². The van der Waals surface area contributed by atoms with Gasteiger partial charge in [0.1, 0.15) is 35.1 Å². The molecule has 0 bridgehead atoms. The van der Waals surface area contributed by atoms with E-state index in [-0.39, 0.29) is 29.4 Å². The maximum atomic E-state index is 14.3. The zero-order valence-corrected chi connectivity index (χ0v) is 22.8. The molecule has 2 fully saturated rings. The molecule has 2 aliphatic rings. The Morgan fingerprint density at radius 3 is 2.76 bits per heavy atom. The quantitative estimate of drug-likeness (QED) is 0.310. The number of imidazole rings is 1. The first-order chi connectivity index (χ1) is 19.8. The fourth-order valence-corrected chi connectivity index (χ4v) is 5.49. The third-order valence-electron chi connectivity index (χ3n) is 8.24. The van der Waals surface area contributed by atoms with Crippen molar-refractivity contribution in [2.24, 2.45) is 0 Å². The number of halogens is 1. The number of ether oxygens (including phenoxy) is 2. The van der Waals surface area contributed by atoms with Crippen LogP contribution in [0.2, 0.25) is 0 Å². The molecule has 2 aliphatic heterocycles. The Kier molecular flexibility index (Phi) is 7.19. The summed E-state index contributed by atoms with van der Waals surface area (Å²) in [5.74, 6) is -0.146. The van der Waals surface area contributed by atoms with Crippen molar-refractivity contribution in [1.29, 1.82) is 5.26 Å². The van der Waals surface area contributed by atoms with Crippen molar-refractivity contribution in [2.75, 3.05) is 19.7 Å². The number of hydrogen-bond donors (Lipinski definition) is 2. The molecule has 5 heterocycles. The third kappa shape index (κ3) is 5.53. The van der Waals surface area contributed by atoms with E-state index in [9.17, 15) is 14.3 Å². The van der Waals surface area contributed by atoms with Crippen LogP contribution < -0.4 is 4.74 Å². The summed E-state index contributed by atoms with van der Waals surface area (Å²) in [4.78, 5) is 26.4. The Balaban J connectivity index is 1.11. The van der Waals surface area contributed by atoms with E-state index in [2.05, 4.69) is 21.4 Å². The number of benzene rings is 1. The molecule has 41 heavy (non-hydrogen) atoms. The molecule has 1 aromatic carbocycles. The van der Waals surface area contributed by atoms with E-state index in [0.717, 1.165) is 56.1 Å². The lowest BCUT2D eigenvalue weighted by atomic mass is 9.77. The van der Waals surface area contributed by atoms with Gasteiger partial charge in [-0.1, -0.05) is 19.1 Å². The number of aromatic nitrogens is 4. The van der Waals surface area contributed by atoms with Gasteiger partial charge in [0.25, 0.3) is 0 Å². The summed E-state index contributed by atoms with van der Waals surface area (Å²) in [7, 11) is 0. The van der Waals surface area contributed by atoms with Crippen LogP contribution in [0.4, 0.5) is 4.39 Å². The van der Waals surface area contributed by atoms with E-state index in [4.69, 9.17) is 24.7 Å². The molecule has 0 radical (unpaired) electrons. The number of nitrogens with zero attached hydrogens (tertiary/aromatic N) is 5. The van der Waals surface area contributed by atoms with Crippen LogP contribution in [-0.2, 0) is 29.8 Å². The van der Waals surface area contributed by atoms with Gasteiger partial charge < -0.3 is 24.1 Å². The molecule has 6 rings (SSSR count). The van der Waals surface area contributed by atoms with Crippen LogP contribution in [0, 0.1) is 17.1 Å². The van der Waals surface area contributed by atoms with Gasteiger partial charge in [0.2, 0.25) is 5.88 Å². The lowest BCUT2D eigenvalue weighted by Crippen LogP contribution is -2.41. The number of carboxylic acids is 1. The van der Waals surface area contributed by atoms with Crippen LogP contribution in [0.5, 0.6) is 5.88 Å².